The molecule has 0 saturated heterocycles. The first-order valence-electron chi connectivity index (χ1n) is 5.93. The van der Waals surface area contributed by atoms with Gasteiger partial charge in [-0.15, -0.1) is 0 Å². The molecule has 3 heteroatoms. The number of allylic oxidation sites excluding steroid dienone is 1. The largest absolute Gasteiger partial charge is 0.299 e. The number of hydrogen-bond donors (Lipinski definition) is 0. The highest BCUT2D eigenvalue weighted by molar-refractivity contribution is 5.83. The SMILES string of the molecule is O=CC=CN1N=Cc2ccccc2C1C1CC1. The first kappa shape index (κ1) is 10.3. The molecule has 3 nitrogen and oxygen atoms in total. The van der Waals surface area contributed by atoms with Gasteiger partial charge in [-0.1, -0.05) is 24.3 Å². The second-order valence-electron chi connectivity index (χ2n) is 4.51. The fourth-order valence-electron chi connectivity index (χ4n) is 2.38. The van der Waals surface area contributed by atoms with Gasteiger partial charge in [0.1, 0.15) is 6.29 Å². The van der Waals surface area contributed by atoms with Crippen molar-refractivity contribution >= 4 is 12.5 Å². The number of benzene rings is 1. The number of hydrogen-bond acceptors (Lipinski definition) is 3. The maximum Gasteiger partial charge on any atom is 0.144 e. The number of carbonyl (C=O) groups is 1. The van der Waals surface area contributed by atoms with Crippen molar-refractivity contribution in [3.63, 3.8) is 0 Å². The highest BCUT2D eigenvalue weighted by atomic mass is 16.1. The van der Waals surface area contributed by atoms with E-state index in [1.807, 2.05) is 17.3 Å². The van der Waals surface area contributed by atoms with Gasteiger partial charge < -0.3 is 0 Å². The van der Waals surface area contributed by atoms with Crippen LogP contribution in [0.4, 0.5) is 0 Å². The van der Waals surface area contributed by atoms with Crippen LogP contribution in [0.3, 0.4) is 0 Å². The van der Waals surface area contributed by atoms with Crippen LogP contribution in [-0.4, -0.2) is 17.5 Å². The lowest BCUT2D eigenvalue weighted by atomic mass is 9.96. The quantitative estimate of drug-likeness (QED) is 0.586. The van der Waals surface area contributed by atoms with Gasteiger partial charge in [0.15, 0.2) is 0 Å². The van der Waals surface area contributed by atoms with Crippen LogP contribution in [0, 0.1) is 5.92 Å². The predicted octanol–water partition coefficient (Wildman–Crippen LogP) is 2.50. The van der Waals surface area contributed by atoms with Gasteiger partial charge in [-0.25, -0.2) is 0 Å². The summed E-state index contributed by atoms with van der Waals surface area (Å²) in [4.78, 5) is 10.4. The lowest BCUT2D eigenvalue weighted by Gasteiger charge is -2.31. The molecule has 1 aromatic rings. The number of hydrazone groups is 1. The number of aldehydes is 1. The zero-order valence-electron chi connectivity index (χ0n) is 9.49. The summed E-state index contributed by atoms with van der Waals surface area (Å²) in [5.74, 6) is 0.671. The van der Waals surface area contributed by atoms with Crippen LogP contribution < -0.4 is 0 Å². The molecule has 1 aliphatic heterocycles. The van der Waals surface area contributed by atoms with Crippen molar-refractivity contribution in [2.24, 2.45) is 11.0 Å². The Morgan fingerprint density at radius 2 is 2.12 bits per heavy atom. The van der Waals surface area contributed by atoms with E-state index in [9.17, 15) is 4.79 Å². The fraction of sp³-hybridized carbons (Fsp3) is 0.286. The van der Waals surface area contributed by atoms with Crippen molar-refractivity contribution in [1.82, 2.24) is 5.01 Å². The first-order chi connectivity index (χ1) is 8.40. The average Bonchev–Trinajstić information content (AvgIpc) is 3.19. The van der Waals surface area contributed by atoms with Gasteiger partial charge in [0.2, 0.25) is 0 Å². The van der Waals surface area contributed by atoms with Crippen molar-refractivity contribution < 1.29 is 4.79 Å². The standard InChI is InChI=1S/C14H14N2O/c17-9-3-8-16-14(11-6-7-11)13-5-2-1-4-12(13)10-15-16/h1-5,8-11,14H,6-7H2. The van der Waals surface area contributed by atoms with Gasteiger partial charge in [0.05, 0.1) is 12.3 Å². The minimum Gasteiger partial charge on any atom is -0.299 e. The highest BCUT2D eigenvalue weighted by Gasteiger charge is 2.37. The Hall–Kier alpha value is -1.90. The van der Waals surface area contributed by atoms with Crippen molar-refractivity contribution in [3.05, 3.63) is 47.7 Å². The second kappa shape index (κ2) is 4.17. The van der Waals surface area contributed by atoms with Crippen LogP contribution in [0.15, 0.2) is 41.6 Å². The fourth-order valence-corrected chi connectivity index (χ4v) is 2.38. The van der Waals surface area contributed by atoms with E-state index < -0.39 is 0 Å². The molecule has 1 saturated carbocycles. The highest BCUT2D eigenvalue weighted by Crippen LogP contribution is 2.46. The van der Waals surface area contributed by atoms with E-state index in [-0.39, 0.29) is 0 Å². The molecule has 2 aliphatic rings. The number of nitrogens with zero attached hydrogens (tertiary/aromatic N) is 2. The van der Waals surface area contributed by atoms with Crippen molar-refractivity contribution in [3.8, 4) is 0 Å². The Bertz CT molecular complexity index is 489. The summed E-state index contributed by atoms with van der Waals surface area (Å²) in [6.45, 7) is 0. The van der Waals surface area contributed by atoms with E-state index in [0.717, 1.165) is 6.29 Å². The molecule has 1 aromatic carbocycles. The third kappa shape index (κ3) is 1.88. The van der Waals surface area contributed by atoms with E-state index >= 15 is 0 Å². The molecule has 1 heterocycles. The van der Waals surface area contributed by atoms with Crippen LogP contribution in [0.5, 0.6) is 0 Å². The summed E-state index contributed by atoms with van der Waals surface area (Å²) in [7, 11) is 0. The molecule has 0 aromatic heterocycles. The van der Waals surface area contributed by atoms with Crippen molar-refractivity contribution in [2.75, 3.05) is 0 Å². The zero-order chi connectivity index (χ0) is 11.7. The van der Waals surface area contributed by atoms with Gasteiger partial charge in [-0.3, -0.25) is 9.80 Å². The molecule has 0 bridgehead atoms. The van der Waals surface area contributed by atoms with Crippen LogP contribution in [0.25, 0.3) is 0 Å². The maximum atomic E-state index is 10.4. The molecule has 0 radical (unpaired) electrons. The first-order valence-corrected chi connectivity index (χ1v) is 5.93. The number of carbonyl (C=O) groups excluding carboxylic acids is 1. The molecular formula is C14H14N2O. The minimum absolute atomic E-state index is 0.299. The summed E-state index contributed by atoms with van der Waals surface area (Å²) in [6.07, 6.45) is 8.42. The molecule has 0 spiro atoms. The normalized spacial score (nSPS) is 22.8. The minimum atomic E-state index is 0.299. The third-order valence-corrected chi connectivity index (χ3v) is 3.32. The van der Waals surface area contributed by atoms with E-state index in [1.54, 1.807) is 6.20 Å². The van der Waals surface area contributed by atoms with Gasteiger partial charge in [0.25, 0.3) is 0 Å². The molecule has 1 atom stereocenters. The topological polar surface area (TPSA) is 32.7 Å². The van der Waals surface area contributed by atoms with Crippen LogP contribution in [0.1, 0.15) is 30.0 Å². The lowest BCUT2D eigenvalue weighted by Crippen LogP contribution is -2.25. The van der Waals surface area contributed by atoms with E-state index in [4.69, 9.17) is 0 Å². The summed E-state index contributed by atoms with van der Waals surface area (Å²) in [5.41, 5.74) is 2.51. The average molecular weight is 226 g/mol. The second-order valence-corrected chi connectivity index (χ2v) is 4.51. The molecular weight excluding hydrogens is 212 g/mol. The Balaban J connectivity index is 1.99. The molecule has 1 aliphatic carbocycles. The molecule has 3 rings (SSSR count). The van der Waals surface area contributed by atoms with Crippen LogP contribution in [-0.2, 0) is 4.79 Å². The molecule has 0 N–H and O–H groups in total. The Labute approximate surface area is 100 Å². The molecule has 1 unspecified atom stereocenters. The van der Waals surface area contributed by atoms with Gasteiger partial charge >= 0.3 is 0 Å². The zero-order valence-corrected chi connectivity index (χ0v) is 9.49. The third-order valence-electron chi connectivity index (χ3n) is 3.32. The van der Waals surface area contributed by atoms with E-state index in [0.29, 0.717) is 12.0 Å². The van der Waals surface area contributed by atoms with Gasteiger partial charge in [-0.2, -0.15) is 5.10 Å². The molecule has 86 valence electrons. The Morgan fingerprint density at radius 3 is 2.88 bits per heavy atom. The smallest absolute Gasteiger partial charge is 0.144 e. The lowest BCUT2D eigenvalue weighted by molar-refractivity contribution is -0.104. The number of fused-ring (bicyclic) bond motifs is 1. The molecule has 1 fully saturated rings. The maximum absolute atomic E-state index is 10.4. The summed E-state index contributed by atoms with van der Waals surface area (Å²) < 4.78 is 0. The summed E-state index contributed by atoms with van der Waals surface area (Å²) >= 11 is 0. The molecule has 0 amide bonds. The van der Waals surface area contributed by atoms with E-state index in [1.165, 1.54) is 30.0 Å². The van der Waals surface area contributed by atoms with Gasteiger partial charge in [-0.05, 0) is 36.0 Å². The summed E-state index contributed by atoms with van der Waals surface area (Å²) in [6, 6.07) is 8.65. The summed E-state index contributed by atoms with van der Waals surface area (Å²) in [5, 5.41) is 6.32. The van der Waals surface area contributed by atoms with E-state index in [2.05, 4.69) is 23.3 Å². The Morgan fingerprint density at radius 1 is 1.29 bits per heavy atom. The van der Waals surface area contributed by atoms with Crippen LogP contribution >= 0.6 is 0 Å². The molecule has 17 heavy (non-hydrogen) atoms. The van der Waals surface area contributed by atoms with Crippen molar-refractivity contribution in [2.45, 2.75) is 18.9 Å². The van der Waals surface area contributed by atoms with Gasteiger partial charge in [0, 0.05) is 6.20 Å². The Kier molecular flexibility index (Phi) is 2.52. The van der Waals surface area contributed by atoms with Crippen LogP contribution in [0.2, 0.25) is 0 Å². The number of rotatable bonds is 3. The predicted molar refractivity (Wildman–Crippen MR) is 66.5 cm³/mol. The monoisotopic (exact) mass is 226 g/mol. The van der Waals surface area contributed by atoms with Crippen molar-refractivity contribution in [1.29, 1.82) is 0 Å².